The van der Waals surface area contributed by atoms with Crippen molar-refractivity contribution in [1.29, 1.82) is 0 Å². The van der Waals surface area contributed by atoms with E-state index in [1.807, 2.05) is 11.4 Å². The number of hydrogen-bond donors (Lipinski definition) is 0. The zero-order chi connectivity index (χ0) is 14.8. The van der Waals surface area contributed by atoms with Crippen molar-refractivity contribution in [2.45, 2.75) is 6.54 Å². The number of carbonyl (C=O) groups is 1. The molecule has 3 rings (SSSR count). The van der Waals surface area contributed by atoms with E-state index < -0.39 is 11.7 Å². The number of thiophene rings is 1. The Kier molecular flexibility index (Phi) is 3.40. The molecule has 9 heteroatoms. The number of ether oxygens (including phenoxy) is 1. The van der Waals surface area contributed by atoms with Gasteiger partial charge in [0.2, 0.25) is 0 Å². The third-order valence-corrected chi connectivity index (χ3v) is 3.64. The number of methoxy groups -OCH3 is 1. The number of esters is 1. The second-order valence-corrected chi connectivity index (χ2v) is 4.96. The summed E-state index contributed by atoms with van der Waals surface area (Å²) in [5, 5.41) is 10.1. The highest BCUT2D eigenvalue weighted by Gasteiger charge is 2.18. The quantitative estimate of drug-likeness (QED) is 0.665. The van der Waals surface area contributed by atoms with E-state index in [9.17, 15) is 9.59 Å². The molecular weight excluding hydrogens is 296 g/mol. The van der Waals surface area contributed by atoms with Crippen LogP contribution in [0, 0.1) is 0 Å². The first kappa shape index (κ1) is 13.3. The van der Waals surface area contributed by atoms with Gasteiger partial charge in [0.1, 0.15) is 22.9 Å². The van der Waals surface area contributed by atoms with E-state index >= 15 is 0 Å². The minimum atomic E-state index is -0.530. The van der Waals surface area contributed by atoms with E-state index in [0.29, 0.717) is 10.8 Å². The van der Waals surface area contributed by atoms with Crippen molar-refractivity contribution in [2.75, 3.05) is 7.11 Å². The van der Waals surface area contributed by atoms with Crippen molar-refractivity contribution in [1.82, 2.24) is 19.8 Å². The van der Waals surface area contributed by atoms with Gasteiger partial charge in [-0.15, -0.1) is 11.3 Å². The third-order valence-electron chi connectivity index (χ3n) is 2.80. The molecule has 0 saturated heterocycles. The maximum Gasteiger partial charge on any atom is 0.369 e. The lowest BCUT2D eigenvalue weighted by Gasteiger charge is -1.99. The molecule has 21 heavy (non-hydrogen) atoms. The summed E-state index contributed by atoms with van der Waals surface area (Å²) in [6, 6.07) is 5.06. The molecule has 0 aliphatic carbocycles. The second kappa shape index (κ2) is 5.37. The predicted octanol–water partition coefficient (Wildman–Crippen LogP) is 0.918. The Morgan fingerprint density at radius 3 is 3.00 bits per heavy atom. The monoisotopic (exact) mass is 306 g/mol. The number of aromatic nitrogens is 4. The molecule has 0 unspecified atom stereocenters. The molecule has 0 atom stereocenters. The molecule has 0 bridgehead atoms. The number of furan rings is 1. The highest BCUT2D eigenvalue weighted by molar-refractivity contribution is 7.12. The fraction of sp³-hybridized carbons (Fsp3) is 0.167. The van der Waals surface area contributed by atoms with Crippen LogP contribution in [-0.4, -0.2) is 32.9 Å². The van der Waals surface area contributed by atoms with Gasteiger partial charge in [0.25, 0.3) is 0 Å². The van der Waals surface area contributed by atoms with Gasteiger partial charge in [-0.1, -0.05) is 0 Å². The highest BCUT2D eigenvalue weighted by Crippen LogP contribution is 2.13. The molecule has 0 aromatic carbocycles. The Morgan fingerprint density at radius 1 is 1.43 bits per heavy atom. The van der Waals surface area contributed by atoms with Crippen molar-refractivity contribution in [2.24, 2.45) is 0 Å². The van der Waals surface area contributed by atoms with Crippen molar-refractivity contribution < 1.29 is 13.9 Å². The Balaban J connectivity index is 1.92. The number of tetrazole rings is 1. The van der Waals surface area contributed by atoms with Gasteiger partial charge in [0.05, 0.1) is 13.4 Å². The van der Waals surface area contributed by atoms with Gasteiger partial charge in [0.15, 0.2) is 0 Å². The standard InChI is InChI=1S/C12H10N4O4S/c1-19-11(17)8-4-5-20-9(8)7-15-12(18)16(14-13-15)10-3-2-6-21-10/h2-6H,7H2,1H3. The van der Waals surface area contributed by atoms with Crippen LogP contribution in [0.5, 0.6) is 0 Å². The van der Waals surface area contributed by atoms with Crippen LogP contribution in [-0.2, 0) is 11.3 Å². The van der Waals surface area contributed by atoms with Crippen LogP contribution in [0.4, 0.5) is 0 Å². The summed E-state index contributed by atoms with van der Waals surface area (Å²) in [5.74, 6) is -0.236. The first-order valence-electron chi connectivity index (χ1n) is 5.92. The molecule has 0 saturated carbocycles. The number of rotatable bonds is 4. The topological polar surface area (TPSA) is 92.2 Å². The minimum Gasteiger partial charge on any atom is -0.466 e. The number of carbonyl (C=O) groups excluding carboxylic acids is 1. The predicted molar refractivity (Wildman–Crippen MR) is 72.6 cm³/mol. The van der Waals surface area contributed by atoms with Crippen LogP contribution < -0.4 is 5.69 Å². The summed E-state index contributed by atoms with van der Waals surface area (Å²) in [5.41, 5.74) is -0.153. The average Bonchev–Trinajstić information content (AvgIpc) is 3.21. The zero-order valence-electron chi connectivity index (χ0n) is 10.9. The van der Waals surface area contributed by atoms with E-state index in [-0.39, 0.29) is 12.1 Å². The molecule has 8 nitrogen and oxygen atoms in total. The second-order valence-electron chi connectivity index (χ2n) is 4.03. The van der Waals surface area contributed by atoms with Gasteiger partial charge in [-0.2, -0.15) is 9.36 Å². The maximum absolute atomic E-state index is 12.2. The largest absolute Gasteiger partial charge is 0.466 e. The molecule has 0 spiro atoms. The smallest absolute Gasteiger partial charge is 0.369 e. The Morgan fingerprint density at radius 2 is 2.29 bits per heavy atom. The molecule has 0 fully saturated rings. The minimum absolute atomic E-state index is 0.00163. The van der Waals surface area contributed by atoms with Crippen LogP contribution in [0.1, 0.15) is 16.1 Å². The summed E-state index contributed by atoms with van der Waals surface area (Å²) in [7, 11) is 1.28. The molecule has 0 aliphatic rings. The molecule has 0 N–H and O–H groups in total. The lowest BCUT2D eigenvalue weighted by molar-refractivity contribution is 0.0598. The zero-order valence-corrected chi connectivity index (χ0v) is 11.7. The number of hydrogen-bond acceptors (Lipinski definition) is 7. The van der Waals surface area contributed by atoms with Gasteiger partial charge >= 0.3 is 11.7 Å². The molecular formula is C12H10N4O4S. The van der Waals surface area contributed by atoms with Crippen molar-refractivity contribution in [3.05, 3.63) is 51.7 Å². The molecule has 3 aromatic heterocycles. The van der Waals surface area contributed by atoms with E-state index in [1.54, 1.807) is 6.07 Å². The molecule has 108 valence electrons. The van der Waals surface area contributed by atoms with Gasteiger partial charge in [0, 0.05) is 0 Å². The molecule has 0 radical (unpaired) electrons. The fourth-order valence-electron chi connectivity index (χ4n) is 1.79. The van der Waals surface area contributed by atoms with Gasteiger partial charge < -0.3 is 9.15 Å². The first-order chi connectivity index (χ1) is 10.2. The van der Waals surface area contributed by atoms with Crippen LogP contribution in [0.2, 0.25) is 0 Å². The lowest BCUT2D eigenvalue weighted by atomic mass is 10.2. The fourth-order valence-corrected chi connectivity index (χ4v) is 2.46. The van der Waals surface area contributed by atoms with Crippen molar-refractivity contribution in [3.8, 4) is 5.00 Å². The lowest BCUT2D eigenvalue weighted by Crippen LogP contribution is -2.24. The maximum atomic E-state index is 12.2. The van der Waals surface area contributed by atoms with Crippen LogP contribution in [0.15, 0.2) is 39.1 Å². The number of nitrogens with zero attached hydrogens (tertiary/aromatic N) is 4. The highest BCUT2D eigenvalue weighted by atomic mass is 32.1. The summed E-state index contributed by atoms with van der Waals surface area (Å²) in [6.45, 7) is 0.00163. The normalized spacial score (nSPS) is 10.7. The summed E-state index contributed by atoms with van der Waals surface area (Å²) in [6.07, 6.45) is 1.36. The summed E-state index contributed by atoms with van der Waals surface area (Å²) < 4.78 is 12.2. The summed E-state index contributed by atoms with van der Waals surface area (Å²) >= 11 is 1.37. The van der Waals surface area contributed by atoms with Gasteiger partial charge in [-0.05, 0) is 34.0 Å². The molecule has 3 aromatic rings. The Bertz CT molecular complexity index is 815. The van der Waals surface area contributed by atoms with E-state index in [4.69, 9.17) is 4.42 Å². The van der Waals surface area contributed by atoms with Gasteiger partial charge in [-0.3, -0.25) is 0 Å². The molecule has 0 aliphatic heterocycles. The van der Waals surface area contributed by atoms with E-state index in [0.717, 1.165) is 4.68 Å². The SMILES string of the molecule is COC(=O)c1ccoc1Cn1nnn(-c2cccs2)c1=O. The third kappa shape index (κ3) is 2.38. The van der Waals surface area contributed by atoms with E-state index in [2.05, 4.69) is 15.2 Å². The Hall–Kier alpha value is -2.68. The van der Waals surface area contributed by atoms with Crippen LogP contribution >= 0.6 is 11.3 Å². The van der Waals surface area contributed by atoms with Crippen molar-refractivity contribution in [3.63, 3.8) is 0 Å². The summed E-state index contributed by atoms with van der Waals surface area (Å²) in [4.78, 5) is 23.7. The molecule has 3 heterocycles. The first-order valence-corrected chi connectivity index (χ1v) is 6.80. The average molecular weight is 306 g/mol. The van der Waals surface area contributed by atoms with E-state index in [1.165, 1.54) is 35.5 Å². The van der Waals surface area contributed by atoms with Crippen molar-refractivity contribution >= 4 is 17.3 Å². The molecule has 0 amide bonds. The van der Waals surface area contributed by atoms with Crippen LogP contribution in [0.25, 0.3) is 5.00 Å². The van der Waals surface area contributed by atoms with Crippen LogP contribution in [0.3, 0.4) is 0 Å². The van der Waals surface area contributed by atoms with Gasteiger partial charge in [-0.25, -0.2) is 9.59 Å². The Labute approximate surface area is 122 Å².